The van der Waals surface area contributed by atoms with Crippen molar-refractivity contribution in [1.82, 2.24) is 4.90 Å². The molecule has 0 unspecified atom stereocenters. The van der Waals surface area contributed by atoms with E-state index >= 15 is 0 Å². The van der Waals surface area contributed by atoms with Gasteiger partial charge in [0.15, 0.2) is 0 Å². The van der Waals surface area contributed by atoms with Crippen molar-refractivity contribution in [2.75, 3.05) is 38.3 Å². The summed E-state index contributed by atoms with van der Waals surface area (Å²) in [5.74, 6) is 1.84. The molecule has 0 radical (unpaired) electrons. The van der Waals surface area contributed by atoms with Crippen molar-refractivity contribution in [3.63, 3.8) is 0 Å². The fourth-order valence-corrected chi connectivity index (χ4v) is 4.67. The third-order valence-electron chi connectivity index (χ3n) is 5.86. The summed E-state index contributed by atoms with van der Waals surface area (Å²) < 4.78 is 10.3. The molecule has 0 N–H and O–H groups in total. The molecule has 0 bridgehead atoms. The molecule has 0 atom stereocenters. The van der Waals surface area contributed by atoms with Crippen LogP contribution < -0.4 is 4.74 Å². The summed E-state index contributed by atoms with van der Waals surface area (Å²) in [6.07, 6.45) is 3.61. The second-order valence-corrected chi connectivity index (χ2v) is 9.15. The van der Waals surface area contributed by atoms with E-state index in [1.807, 2.05) is 54.3 Å². The highest BCUT2D eigenvalue weighted by molar-refractivity contribution is 7.99. The van der Waals surface area contributed by atoms with Crippen LogP contribution >= 0.6 is 11.8 Å². The van der Waals surface area contributed by atoms with E-state index in [0.29, 0.717) is 31.2 Å². The summed E-state index contributed by atoms with van der Waals surface area (Å²) in [6.45, 7) is 3.55. The normalized spacial score (nSPS) is 13.9. The number of thioether (sulfide) groups is 1. The highest BCUT2D eigenvalue weighted by Gasteiger charge is 2.52. The van der Waals surface area contributed by atoms with E-state index < -0.39 is 5.41 Å². The Hall–Kier alpha value is -2.47. The number of rotatable bonds is 13. The highest BCUT2D eigenvalue weighted by atomic mass is 32.2. The van der Waals surface area contributed by atoms with Crippen molar-refractivity contribution < 1.29 is 19.1 Å². The third-order valence-corrected chi connectivity index (χ3v) is 6.77. The van der Waals surface area contributed by atoms with Crippen LogP contribution in [0.25, 0.3) is 0 Å². The molecule has 1 aliphatic rings. The number of nitrogens with zero attached hydrogens (tertiary/aromatic N) is 1. The van der Waals surface area contributed by atoms with Gasteiger partial charge in [-0.1, -0.05) is 42.5 Å². The minimum absolute atomic E-state index is 0.198. The Bertz CT molecular complexity index is 865. The first-order valence-electron chi connectivity index (χ1n) is 11.3. The SMILES string of the molecule is CCOC(=O)CSCCN(CCCc1ccccc1)C(=O)C1(c2ccc(OC)cc2)CC1. The monoisotopic (exact) mass is 455 g/mol. The standard InChI is InChI=1S/C26H33NO4S/c1-3-31-24(28)20-32-19-18-27(17-7-10-21-8-5-4-6-9-21)25(29)26(15-16-26)22-11-13-23(30-2)14-12-22/h4-6,8-9,11-14H,3,7,10,15-20H2,1-2H3. The van der Waals surface area contributed by atoms with Gasteiger partial charge in [0.25, 0.3) is 0 Å². The fourth-order valence-electron chi connectivity index (χ4n) is 3.93. The molecule has 0 aromatic heterocycles. The van der Waals surface area contributed by atoms with Crippen LogP contribution in [0.3, 0.4) is 0 Å². The molecule has 1 aliphatic carbocycles. The maximum absolute atomic E-state index is 13.6. The van der Waals surface area contributed by atoms with Crippen molar-refractivity contribution >= 4 is 23.6 Å². The van der Waals surface area contributed by atoms with Crippen molar-refractivity contribution in [2.24, 2.45) is 0 Å². The minimum atomic E-state index is -0.412. The lowest BCUT2D eigenvalue weighted by Gasteiger charge is -2.28. The Labute approximate surface area is 195 Å². The first kappa shape index (κ1) is 24.2. The van der Waals surface area contributed by atoms with Gasteiger partial charge in [-0.05, 0) is 55.9 Å². The van der Waals surface area contributed by atoms with Crippen molar-refractivity contribution in [1.29, 1.82) is 0 Å². The molecule has 0 aliphatic heterocycles. The average Bonchev–Trinajstić information content (AvgIpc) is 3.63. The van der Waals surface area contributed by atoms with E-state index in [-0.39, 0.29) is 11.9 Å². The van der Waals surface area contributed by atoms with E-state index in [2.05, 4.69) is 12.1 Å². The summed E-state index contributed by atoms with van der Waals surface area (Å²) >= 11 is 1.52. The lowest BCUT2D eigenvalue weighted by atomic mass is 9.94. The Morgan fingerprint density at radius 1 is 1.03 bits per heavy atom. The van der Waals surface area contributed by atoms with Crippen LogP contribution in [-0.4, -0.2) is 55.1 Å². The van der Waals surface area contributed by atoms with Crippen LogP contribution in [0.4, 0.5) is 0 Å². The van der Waals surface area contributed by atoms with Gasteiger partial charge in [0.05, 0.1) is 24.9 Å². The van der Waals surface area contributed by atoms with Crippen molar-refractivity contribution in [3.05, 3.63) is 65.7 Å². The van der Waals surface area contributed by atoms with Crippen LogP contribution in [0, 0.1) is 0 Å². The van der Waals surface area contributed by atoms with E-state index in [0.717, 1.165) is 37.0 Å². The molecule has 2 aromatic rings. The van der Waals surface area contributed by atoms with Gasteiger partial charge >= 0.3 is 5.97 Å². The molecule has 1 saturated carbocycles. The van der Waals surface area contributed by atoms with Crippen LogP contribution in [0.5, 0.6) is 5.75 Å². The second-order valence-electron chi connectivity index (χ2n) is 8.05. The Morgan fingerprint density at radius 3 is 2.38 bits per heavy atom. The molecular formula is C26H33NO4S. The number of hydrogen-bond donors (Lipinski definition) is 0. The van der Waals surface area contributed by atoms with Gasteiger partial charge in [-0.25, -0.2) is 0 Å². The van der Waals surface area contributed by atoms with Crippen molar-refractivity contribution in [3.8, 4) is 5.75 Å². The second kappa shape index (κ2) is 12.0. The predicted octanol–water partition coefficient (Wildman–Crippen LogP) is 4.48. The topological polar surface area (TPSA) is 55.8 Å². The number of methoxy groups -OCH3 is 1. The van der Waals surface area contributed by atoms with Gasteiger partial charge in [0, 0.05) is 18.8 Å². The van der Waals surface area contributed by atoms with Crippen LogP contribution in [0.15, 0.2) is 54.6 Å². The summed E-state index contributed by atoms with van der Waals surface area (Å²) in [6, 6.07) is 18.3. The van der Waals surface area contributed by atoms with Crippen LogP contribution in [-0.2, 0) is 26.2 Å². The molecule has 0 heterocycles. The van der Waals surface area contributed by atoms with E-state index in [1.165, 1.54) is 17.3 Å². The zero-order valence-electron chi connectivity index (χ0n) is 19.0. The zero-order valence-corrected chi connectivity index (χ0v) is 19.9. The molecule has 172 valence electrons. The Kier molecular flexibility index (Phi) is 9.03. The largest absolute Gasteiger partial charge is 0.497 e. The quantitative estimate of drug-likeness (QED) is 0.329. The molecule has 6 heteroatoms. The van der Waals surface area contributed by atoms with Gasteiger partial charge in [-0.3, -0.25) is 9.59 Å². The molecular weight excluding hydrogens is 422 g/mol. The average molecular weight is 456 g/mol. The maximum atomic E-state index is 13.6. The Balaban J connectivity index is 1.62. The molecule has 1 amide bonds. The summed E-state index contributed by atoms with van der Waals surface area (Å²) in [5, 5.41) is 0. The highest BCUT2D eigenvalue weighted by Crippen LogP contribution is 2.50. The van der Waals surface area contributed by atoms with Gasteiger partial charge in [-0.2, -0.15) is 0 Å². The first-order valence-corrected chi connectivity index (χ1v) is 12.5. The molecule has 2 aromatic carbocycles. The molecule has 1 fully saturated rings. The number of carbonyl (C=O) groups is 2. The van der Waals surface area contributed by atoms with Gasteiger partial charge < -0.3 is 14.4 Å². The number of hydrogen-bond acceptors (Lipinski definition) is 5. The van der Waals surface area contributed by atoms with E-state index in [4.69, 9.17) is 9.47 Å². The molecule has 3 rings (SSSR count). The summed E-state index contributed by atoms with van der Waals surface area (Å²) in [5.41, 5.74) is 1.94. The lowest BCUT2D eigenvalue weighted by molar-refractivity contribution is -0.139. The van der Waals surface area contributed by atoms with Crippen LogP contribution in [0.2, 0.25) is 0 Å². The zero-order chi connectivity index (χ0) is 22.8. The molecule has 0 spiro atoms. The van der Waals surface area contributed by atoms with Crippen LogP contribution in [0.1, 0.15) is 37.3 Å². The number of ether oxygens (including phenoxy) is 2. The van der Waals surface area contributed by atoms with Gasteiger partial charge in [-0.15, -0.1) is 11.8 Å². The minimum Gasteiger partial charge on any atom is -0.497 e. The van der Waals surface area contributed by atoms with E-state index in [9.17, 15) is 9.59 Å². The number of benzene rings is 2. The number of aryl methyl sites for hydroxylation is 1. The number of amides is 1. The number of esters is 1. The van der Waals surface area contributed by atoms with Gasteiger partial charge in [0.1, 0.15) is 5.75 Å². The predicted molar refractivity (Wildman–Crippen MR) is 129 cm³/mol. The molecule has 0 saturated heterocycles. The first-order chi connectivity index (χ1) is 15.6. The van der Waals surface area contributed by atoms with Gasteiger partial charge in [0.2, 0.25) is 5.91 Å². The third kappa shape index (κ3) is 6.52. The fraction of sp³-hybridized carbons (Fsp3) is 0.462. The summed E-state index contributed by atoms with van der Waals surface area (Å²) in [4.78, 5) is 27.3. The van der Waals surface area contributed by atoms with Crippen molar-refractivity contribution in [2.45, 2.75) is 38.0 Å². The Morgan fingerprint density at radius 2 is 1.75 bits per heavy atom. The smallest absolute Gasteiger partial charge is 0.315 e. The summed E-state index contributed by atoms with van der Waals surface area (Å²) in [7, 11) is 1.65. The molecule has 5 nitrogen and oxygen atoms in total. The lowest BCUT2D eigenvalue weighted by Crippen LogP contribution is -2.41. The molecule has 32 heavy (non-hydrogen) atoms. The maximum Gasteiger partial charge on any atom is 0.315 e. The number of carbonyl (C=O) groups excluding carboxylic acids is 2. The van der Waals surface area contributed by atoms with E-state index in [1.54, 1.807) is 7.11 Å².